The molecule has 2 rings (SSSR count). The Labute approximate surface area is 151 Å². The van der Waals surface area contributed by atoms with Gasteiger partial charge in [-0.3, -0.25) is 10.1 Å². The van der Waals surface area contributed by atoms with E-state index in [1.165, 1.54) is 0 Å². The molecule has 0 aliphatic carbocycles. The van der Waals surface area contributed by atoms with E-state index in [0.717, 1.165) is 5.69 Å². The van der Waals surface area contributed by atoms with Gasteiger partial charge < -0.3 is 15.4 Å². The van der Waals surface area contributed by atoms with Gasteiger partial charge in [0.15, 0.2) is 0 Å². The summed E-state index contributed by atoms with van der Waals surface area (Å²) in [7, 11) is 0. The van der Waals surface area contributed by atoms with Crippen molar-refractivity contribution in [1.82, 2.24) is 0 Å². The molecule has 0 saturated heterocycles. The van der Waals surface area contributed by atoms with Crippen LogP contribution < -0.4 is 16.0 Å². The van der Waals surface area contributed by atoms with E-state index in [2.05, 4.69) is 16.0 Å². The number of carbonyl (C=O) groups is 2. The first-order valence-electron chi connectivity index (χ1n) is 7.84. The van der Waals surface area contributed by atoms with Gasteiger partial charge in [-0.15, -0.1) is 0 Å². The molecule has 132 valence electrons. The summed E-state index contributed by atoms with van der Waals surface area (Å²) in [4.78, 5) is 23.6. The SMILES string of the molecule is CCOC(=O)Nc1ccc(NC(C)C(=O)Nc2ccc(Cl)cc2)cc1. The number of halogens is 1. The quantitative estimate of drug-likeness (QED) is 0.714. The number of hydrogen-bond donors (Lipinski definition) is 3. The Kier molecular flexibility index (Phi) is 6.65. The molecule has 1 unspecified atom stereocenters. The van der Waals surface area contributed by atoms with Crippen molar-refractivity contribution in [2.45, 2.75) is 19.9 Å². The van der Waals surface area contributed by atoms with Crippen molar-refractivity contribution in [2.75, 3.05) is 22.6 Å². The average Bonchev–Trinajstić information content (AvgIpc) is 2.59. The zero-order chi connectivity index (χ0) is 18.2. The molecule has 0 fully saturated rings. The summed E-state index contributed by atoms with van der Waals surface area (Å²) < 4.78 is 4.81. The second kappa shape index (κ2) is 8.94. The van der Waals surface area contributed by atoms with Gasteiger partial charge in [-0.05, 0) is 62.4 Å². The molecule has 25 heavy (non-hydrogen) atoms. The van der Waals surface area contributed by atoms with Gasteiger partial charge in [-0.25, -0.2) is 4.79 Å². The number of benzene rings is 2. The number of carbonyl (C=O) groups excluding carboxylic acids is 2. The van der Waals surface area contributed by atoms with Crippen molar-refractivity contribution in [3.8, 4) is 0 Å². The summed E-state index contributed by atoms with van der Waals surface area (Å²) >= 11 is 5.82. The van der Waals surface area contributed by atoms with Gasteiger partial charge in [0.05, 0.1) is 6.61 Å². The lowest BCUT2D eigenvalue weighted by molar-refractivity contribution is -0.116. The zero-order valence-corrected chi connectivity index (χ0v) is 14.8. The van der Waals surface area contributed by atoms with Crippen molar-refractivity contribution in [2.24, 2.45) is 0 Å². The Morgan fingerprint density at radius 2 is 1.48 bits per heavy atom. The predicted octanol–water partition coefficient (Wildman–Crippen LogP) is 4.35. The van der Waals surface area contributed by atoms with Gasteiger partial charge in [0.1, 0.15) is 6.04 Å². The molecule has 2 aromatic carbocycles. The van der Waals surface area contributed by atoms with Gasteiger partial charge in [0, 0.05) is 22.1 Å². The Bertz CT molecular complexity index is 717. The average molecular weight is 362 g/mol. The number of amides is 2. The first-order valence-corrected chi connectivity index (χ1v) is 8.22. The molecule has 0 saturated carbocycles. The fraction of sp³-hybridized carbons (Fsp3) is 0.222. The Morgan fingerprint density at radius 1 is 0.960 bits per heavy atom. The molecule has 0 radical (unpaired) electrons. The molecule has 2 aromatic rings. The van der Waals surface area contributed by atoms with Gasteiger partial charge in [0.2, 0.25) is 5.91 Å². The van der Waals surface area contributed by atoms with Crippen molar-refractivity contribution >= 4 is 40.7 Å². The third-order valence-corrected chi connectivity index (χ3v) is 3.55. The second-order valence-corrected chi connectivity index (χ2v) is 5.72. The lowest BCUT2D eigenvalue weighted by atomic mass is 10.2. The maximum Gasteiger partial charge on any atom is 0.411 e. The number of nitrogens with one attached hydrogen (secondary N) is 3. The highest BCUT2D eigenvalue weighted by atomic mass is 35.5. The molecule has 0 spiro atoms. The Hall–Kier alpha value is -2.73. The highest BCUT2D eigenvalue weighted by Crippen LogP contribution is 2.16. The number of hydrogen-bond acceptors (Lipinski definition) is 4. The van der Waals surface area contributed by atoms with Crippen LogP contribution in [0, 0.1) is 0 Å². The summed E-state index contributed by atoms with van der Waals surface area (Å²) in [6.07, 6.45) is -0.501. The van der Waals surface area contributed by atoms with Crippen molar-refractivity contribution in [3.05, 3.63) is 53.6 Å². The van der Waals surface area contributed by atoms with Gasteiger partial charge >= 0.3 is 6.09 Å². The lowest BCUT2D eigenvalue weighted by Gasteiger charge is -2.16. The van der Waals surface area contributed by atoms with E-state index in [4.69, 9.17) is 16.3 Å². The maximum atomic E-state index is 12.2. The van der Waals surface area contributed by atoms with E-state index in [0.29, 0.717) is 23.0 Å². The van der Waals surface area contributed by atoms with E-state index in [1.54, 1.807) is 62.4 Å². The van der Waals surface area contributed by atoms with E-state index < -0.39 is 12.1 Å². The Morgan fingerprint density at radius 3 is 2.08 bits per heavy atom. The molecule has 2 amide bonds. The van der Waals surface area contributed by atoms with Crippen LogP contribution in [0.25, 0.3) is 0 Å². The van der Waals surface area contributed by atoms with Crippen LogP contribution in [0.15, 0.2) is 48.5 Å². The van der Waals surface area contributed by atoms with Crippen molar-refractivity contribution in [1.29, 1.82) is 0 Å². The molecule has 0 heterocycles. The summed E-state index contributed by atoms with van der Waals surface area (Å²) in [6, 6.07) is 13.5. The number of rotatable bonds is 6. The molecular weight excluding hydrogens is 342 g/mol. The highest BCUT2D eigenvalue weighted by molar-refractivity contribution is 6.30. The third-order valence-electron chi connectivity index (χ3n) is 3.29. The van der Waals surface area contributed by atoms with Crippen LogP contribution in [-0.4, -0.2) is 24.6 Å². The number of anilines is 3. The van der Waals surface area contributed by atoms with Crippen molar-refractivity contribution < 1.29 is 14.3 Å². The predicted molar refractivity (Wildman–Crippen MR) is 100 cm³/mol. The standard InChI is InChI=1S/C18H20ClN3O3/c1-3-25-18(24)22-16-10-8-14(9-11-16)20-12(2)17(23)21-15-6-4-13(19)5-7-15/h4-12,20H,3H2,1-2H3,(H,21,23)(H,22,24). The van der Waals surface area contributed by atoms with Gasteiger partial charge in [0.25, 0.3) is 0 Å². The molecule has 1 atom stereocenters. The minimum absolute atomic E-state index is 0.170. The largest absolute Gasteiger partial charge is 0.450 e. The Balaban J connectivity index is 1.88. The summed E-state index contributed by atoms with van der Waals surface area (Å²) in [5, 5.41) is 9.12. The molecule has 0 bridgehead atoms. The summed E-state index contributed by atoms with van der Waals surface area (Å²) in [5.41, 5.74) is 2.05. The fourth-order valence-electron chi connectivity index (χ4n) is 2.03. The van der Waals surface area contributed by atoms with Crippen LogP contribution in [0.5, 0.6) is 0 Å². The van der Waals surface area contributed by atoms with E-state index in [-0.39, 0.29) is 5.91 Å². The molecule has 0 aromatic heterocycles. The molecule has 0 aliphatic heterocycles. The van der Waals surface area contributed by atoms with Gasteiger partial charge in [-0.1, -0.05) is 11.6 Å². The van der Waals surface area contributed by atoms with Crippen LogP contribution in [0.4, 0.5) is 21.9 Å². The first kappa shape index (κ1) is 18.6. The molecule has 3 N–H and O–H groups in total. The minimum atomic E-state index is -0.501. The van der Waals surface area contributed by atoms with E-state index >= 15 is 0 Å². The molecular formula is C18H20ClN3O3. The van der Waals surface area contributed by atoms with Crippen LogP contribution >= 0.6 is 11.6 Å². The van der Waals surface area contributed by atoms with Crippen molar-refractivity contribution in [3.63, 3.8) is 0 Å². The zero-order valence-electron chi connectivity index (χ0n) is 14.0. The van der Waals surface area contributed by atoms with E-state index in [1.807, 2.05) is 0 Å². The topological polar surface area (TPSA) is 79.5 Å². The molecule has 0 aliphatic rings. The van der Waals surface area contributed by atoms with Crippen LogP contribution in [0.2, 0.25) is 5.02 Å². The van der Waals surface area contributed by atoms with Crippen LogP contribution in [0.3, 0.4) is 0 Å². The fourth-order valence-corrected chi connectivity index (χ4v) is 2.16. The summed E-state index contributed by atoms with van der Waals surface area (Å²) in [6.45, 7) is 3.81. The summed E-state index contributed by atoms with van der Waals surface area (Å²) in [5.74, 6) is -0.170. The van der Waals surface area contributed by atoms with Gasteiger partial charge in [-0.2, -0.15) is 0 Å². The third kappa shape index (κ3) is 6.00. The lowest BCUT2D eigenvalue weighted by Crippen LogP contribution is -2.31. The smallest absolute Gasteiger partial charge is 0.411 e. The first-order chi connectivity index (χ1) is 12.0. The maximum absolute atomic E-state index is 12.2. The van der Waals surface area contributed by atoms with E-state index in [9.17, 15) is 9.59 Å². The minimum Gasteiger partial charge on any atom is -0.450 e. The van der Waals surface area contributed by atoms with Crippen LogP contribution in [0.1, 0.15) is 13.8 Å². The van der Waals surface area contributed by atoms with Crippen LogP contribution in [-0.2, 0) is 9.53 Å². The molecule has 7 heteroatoms. The molecule has 6 nitrogen and oxygen atoms in total. The highest BCUT2D eigenvalue weighted by Gasteiger charge is 2.13. The monoisotopic (exact) mass is 361 g/mol. The number of ether oxygens (including phenoxy) is 1. The second-order valence-electron chi connectivity index (χ2n) is 5.28. The normalized spacial score (nSPS) is 11.3.